The first-order chi connectivity index (χ1) is 10.1. The Labute approximate surface area is 123 Å². The molecule has 1 saturated heterocycles. The summed E-state index contributed by atoms with van der Waals surface area (Å²) in [6.07, 6.45) is -0.513. The highest BCUT2D eigenvalue weighted by atomic mass is 16.3. The molecule has 5 heteroatoms. The Hall–Kier alpha value is -1.85. The number of carbonyl (C=O) groups is 1. The molecule has 0 bridgehead atoms. The number of hydrogen-bond donors (Lipinski definition) is 1. The van der Waals surface area contributed by atoms with E-state index in [2.05, 4.69) is 4.90 Å². The van der Waals surface area contributed by atoms with E-state index in [4.69, 9.17) is 4.42 Å². The van der Waals surface area contributed by atoms with Gasteiger partial charge in [0.1, 0.15) is 11.3 Å². The molecule has 1 aliphatic heterocycles. The van der Waals surface area contributed by atoms with Crippen LogP contribution >= 0.6 is 0 Å². The average Bonchev–Trinajstić information content (AvgIpc) is 2.75. The maximum Gasteiger partial charge on any atom is 0.219 e. The second-order valence-corrected chi connectivity index (χ2v) is 5.60. The van der Waals surface area contributed by atoms with Crippen LogP contribution in [0.3, 0.4) is 0 Å². The van der Waals surface area contributed by atoms with Gasteiger partial charge in [-0.3, -0.25) is 9.69 Å². The van der Waals surface area contributed by atoms with Crippen LogP contribution in [0.25, 0.3) is 11.0 Å². The minimum absolute atomic E-state index is 0.0136. The van der Waals surface area contributed by atoms with Crippen molar-refractivity contribution in [2.45, 2.75) is 19.6 Å². The third-order valence-electron chi connectivity index (χ3n) is 3.89. The van der Waals surface area contributed by atoms with Gasteiger partial charge >= 0.3 is 0 Å². The summed E-state index contributed by atoms with van der Waals surface area (Å²) in [4.78, 5) is 15.3. The molecule has 112 valence electrons. The van der Waals surface area contributed by atoms with Gasteiger partial charge in [0.05, 0.1) is 12.6 Å². The average molecular weight is 288 g/mol. The number of benzene rings is 1. The fraction of sp³-hybridized carbons (Fsp3) is 0.438. The zero-order valence-corrected chi connectivity index (χ0v) is 12.2. The van der Waals surface area contributed by atoms with Crippen LogP contribution in [0.15, 0.2) is 34.7 Å². The molecule has 1 aliphatic rings. The number of amides is 1. The van der Waals surface area contributed by atoms with E-state index in [0.29, 0.717) is 26.2 Å². The molecule has 1 N–H and O–H groups in total. The Morgan fingerprint density at radius 1 is 1.33 bits per heavy atom. The van der Waals surface area contributed by atoms with Gasteiger partial charge in [-0.2, -0.15) is 0 Å². The number of carbonyl (C=O) groups excluding carboxylic acids is 1. The normalized spacial score (nSPS) is 20.7. The molecule has 1 aromatic carbocycles. The maximum absolute atomic E-state index is 11.5. The van der Waals surface area contributed by atoms with Crippen molar-refractivity contribution in [2.75, 3.05) is 26.2 Å². The van der Waals surface area contributed by atoms with Crippen molar-refractivity contribution in [1.29, 1.82) is 0 Å². The van der Waals surface area contributed by atoms with E-state index in [1.807, 2.05) is 30.3 Å². The minimum Gasteiger partial charge on any atom is -0.460 e. The van der Waals surface area contributed by atoms with Crippen molar-refractivity contribution >= 4 is 16.9 Å². The summed E-state index contributed by atoms with van der Waals surface area (Å²) in [5.74, 6) is 0.902. The molecule has 1 aromatic heterocycles. The van der Waals surface area contributed by atoms with Crippen LogP contribution in [0, 0.1) is 0 Å². The first-order valence-corrected chi connectivity index (χ1v) is 7.25. The first kappa shape index (κ1) is 14.1. The molecule has 0 radical (unpaired) electrons. The van der Waals surface area contributed by atoms with Crippen LogP contribution < -0.4 is 0 Å². The van der Waals surface area contributed by atoms with Crippen LogP contribution in [0.5, 0.6) is 0 Å². The van der Waals surface area contributed by atoms with Gasteiger partial charge < -0.3 is 14.4 Å². The Kier molecular flexibility index (Phi) is 3.94. The first-order valence-electron chi connectivity index (χ1n) is 7.25. The topological polar surface area (TPSA) is 56.9 Å². The highest BCUT2D eigenvalue weighted by Gasteiger charge is 2.23. The number of aliphatic hydroxyl groups excluding tert-OH is 1. The molecule has 2 heterocycles. The molecule has 1 atom stereocenters. The summed E-state index contributed by atoms with van der Waals surface area (Å²) in [6.45, 7) is 4.55. The van der Waals surface area contributed by atoms with Crippen LogP contribution in [0.1, 0.15) is 12.7 Å². The maximum atomic E-state index is 11.5. The molecule has 21 heavy (non-hydrogen) atoms. The lowest BCUT2D eigenvalue weighted by Crippen LogP contribution is -2.36. The van der Waals surface area contributed by atoms with Crippen LogP contribution in [0.2, 0.25) is 0 Å². The van der Waals surface area contributed by atoms with E-state index >= 15 is 0 Å². The molecule has 5 nitrogen and oxygen atoms in total. The number of β-amino-alcohol motifs (C(OH)–C–C–N with tert-alkyl or cyclic N) is 1. The van der Waals surface area contributed by atoms with Crippen molar-refractivity contribution in [1.82, 2.24) is 9.80 Å². The van der Waals surface area contributed by atoms with E-state index in [1.54, 1.807) is 11.8 Å². The molecule has 0 saturated carbocycles. The van der Waals surface area contributed by atoms with Crippen molar-refractivity contribution in [3.8, 4) is 0 Å². The third kappa shape index (κ3) is 3.25. The van der Waals surface area contributed by atoms with Gasteiger partial charge in [0.2, 0.25) is 5.91 Å². The monoisotopic (exact) mass is 288 g/mol. The fourth-order valence-electron chi connectivity index (χ4n) is 2.82. The Morgan fingerprint density at radius 3 is 2.90 bits per heavy atom. The smallest absolute Gasteiger partial charge is 0.219 e. The number of aliphatic hydroxyl groups is 1. The molecule has 1 unspecified atom stereocenters. The quantitative estimate of drug-likeness (QED) is 0.909. The predicted molar refractivity (Wildman–Crippen MR) is 79.8 cm³/mol. The zero-order valence-electron chi connectivity index (χ0n) is 12.2. The lowest BCUT2D eigenvalue weighted by molar-refractivity contribution is -0.129. The molecule has 0 aliphatic carbocycles. The van der Waals surface area contributed by atoms with Crippen molar-refractivity contribution in [3.63, 3.8) is 0 Å². The molecule has 0 spiro atoms. The van der Waals surface area contributed by atoms with E-state index in [0.717, 1.165) is 23.3 Å². The molecular formula is C16H20N2O3. The molecular weight excluding hydrogens is 268 g/mol. The molecule has 2 aromatic rings. The van der Waals surface area contributed by atoms with E-state index in [1.165, 1.54) is 0 Å². The summed E-state index contributed by atoms with van der Waals surface area (Å²) in [6, 6.07) is 9.96. The Balaban J connectivity index is 1.70. The largest absolute Gasteiger partial charge is 0.460 e. The van der Waals surface area contributed by atoms with Crippen LogP contribution in [-0.2, 0) is 11.3 Å². The fourth-order valence-corrected chi connectivity index (χ4v) is 2.82. The second kappa shape index (κ2) is 5.87. The van der Waals surface area contributed by atoms with Gasteiger partial charge in [-0.25, -0.2) is 0 Å². The molecule has 1 amide bonds. The third-order valence-corrected chi connectivity index (χ3v) is 3.89. The molecule has 3 rings (SSSR count). The van der Waals surface area contributed by atoms with Crippen LogP contribution in [0.4, 0.5) is 0 Å². The van der Waals surface area contributed by atoms with Gasteiger partial charge in [-0.05, 0) is 12.1 Å². The minimum atomic E-state index is -0.513. The number of fused-ring (bicyclic) bond motifs is 1. The summed E-state index contributed by atoms with van der Waals surface area (Å²) in [7, 11) is 0. The Morgan fingerprint density at radius 2 is 2.14 bits per heavy atom. The van der Waals surface area contributed by atoms with Crippen molar-refractivity contribution < 1.29 is 14.3 Å². The summed E-state index contributed by atoms with van der Waals surface area (Å²) >= 11 is 0. The van der Waals surface area contributed by atoms with Crippen molar-refractivity contribution in [2.24, 2.45) is 0 Å². The van der Waals surface area contributed by atoms with E-state index in [9.17, 15) is 9.90 Å². The van der Waals surface area contributed by atoms with E-state index < -0.39 is 6.10 Å². The zero-order chi connectivity index (χ0) is 14.8. The van der Waals surface area contributed by atoms with Gasteiger partial charge in [-0.15, -0.1) is 0 Å². The number of hydrogen-bond acceptors (Lipinski definition) is 4. The predicted octanol–water partition coefficient (Wildman–Crippen LogP) is 1.46. The van der Waals surface area contributed by atoms with Crippen molar-refractivity contribution in [3.05, 3.63) is 36.1 Å². The highest BCUT2D eigenvalue weighted by molar-refractivity contribution is 5.77. The standard InChI is InChI=1S/C16H20N2O3/c1-12(19)18-7-6-17(9-14(20)10-18)11-15-8-13-4-2-3-5-16(13)21-15/h2-5,8,14,20H,6-7,9-11H2,1H3. The number of nitrogens with zero attached hydrogens (tertiary/aromatic N) is 2. The van der Waals surface area contributed by atoms with E-state index in [-0.39, 0.29) is 5.91 Å². The van der Waals surface area contributed by atoms with Gasteiger partial charge in [0.25, 0.3) is 0 Å². The number of rotatable bonds is 2. The summed E-state index contributed by atoms with van der Waals surface area (Å²) < 4.78 is 5.82. The highest BCUT2D eigenvalue weighted by Crippen LogP contribution is 2.20. The Bertz CT molecular complexity index is 604. The summed E-state index contributed by atoms with van der Waals surface area (Å²) in [5.41, 5.74) is 0.883. The number of para-hydroxylation sites is 1. The molecule has 1 fully saturated rings. The van der Waals surface area contributed by atoms with Gasteiger partial charge in [0, 0.05) is 38.5 Å². The van der Waals surface area contributed by atoms with Crippen LogP contribution in [-0.4, -0.2) is 53.1 Å². The summed E-state index contributed by atoms with van der Waals surface area (Å²) in [5, 5.41) is 11.1. The SMILES string of the molecule is CC(=O)N1CCN(Cc2cc3ccccc3o2)CC(O)C1. The number of furan rings is 1. The lowest BCUT2D eigenvalue weighted by Gasteiger charge is -2.19. The lowest BCUT2D eigenvalue weighted by atomic mass is 10.2. The second-order valence-electron chi connectivity index (χ2n) is 5.60. The van der Waals surface area contributed by atoms with Gasteiger partial charge in [0.15, 0.2) is 0 Å². The van der Waals surface area contributed by atoms with Gasteiger partial charge in [-0.1, -0.05) is 18.2 Å².